The van der Waals surface area contributed by atoms with Crippen molar-refractivity contribution in [3.05, 3.63) is 39.4 Å². The van der Waals surface area contributed by atoms with E-state index in [0.29, 0.717) is 16.0 Å². The fraction of sp³-hybridized carbons (Fsp3) is 0.364. The Morgan fingerprint density at radius 2 is 2.12 bits per heavy atom. The Morgan fingerprint density at radius 3 is 2.65 bits per heavy atom. The van der Waals surface area contributed by atoms with Gasteiger partial charge in [-0.15, -0.1) is 5.10 Å². The zero-order valence-electron chi connectivity index (χ0n) is 9.85. The average Bonchev–Trinajstić information content (AvgIpc) is 2.58. The molecular formula is C11H13BrN4O. The monoisotopic (exact) mass is 296 g/mol. The molecule has 6 heteroatoms. The quantitative estimate of drug-likeness (QED) is 0.916. The Balaban J connectivity index is 2.47. The number of hydrogen-bond donors (Lipinski definition) is 1. The summed E-state index contributed by atoms with van der Waals surface area (Å²) >= 11 is 3.27. The molecule has 0 saturated carbocycles. The van der Waals surface area contributed by atoms with Crippen molar-refractivity contribution in [2.45, 2.75) is 20.0 Å². The molecule has 0 saturated heterocycles. The fourth-order valence-corrected chi connectivity index (χ4v) is 2.32. The Kier molecular flexibility index (Phi) is 3.26. The van der Waals surface area contributed by atoms with Crippen LogP contribution < -0.4 is 0 Å². The second-order valence-corrected chi connectivity index (χ2v) is 4.76. The molecule has 5 nitrogen and oxygen atoms in total. The van der Waals surface area contributed by atoms with Gasteiger partial charge in [-0.25, -0.2) is 4.68 Å². The largest absolute Gasteiger partial charge is 0.380 e. The summed E-state index contributed by atoms with van der Waals surface area (Å²) in [6.07, 6.45) is 0.911. The van der Waals surface area contributed by atoms with Crippen molar-refractivity contribution in [3.8, 4) is 0 Å². The van der Waals surface area contributed by atoms with Gasteiger partial charge < -0.3 is 5.11 Å². The van der Waals surface area contributed by atoms with Gasteiger partial charge in [-0.1, -0.05) is 11.3 Å². The van der Waals surface area contributed by atoms with Gasteiger partial charge in [0.1, 0.15) is 11.8 Å². The highest BCUT2D eigenvalue weighted by molar-refractivity contribution is 9.10. The van der Waals surface area contributed by atoms with Crippen molar-refractivity contribution in [2.75, 3.05) is 0 Å². The molecule has 0 aliphatic carbocycles. The van der Waals surface area contributed by atoms with Crippen LogP contribution in [0.2, 0.25) is 0 Å². The van der Waals surface area contributed by atoms with Crippen molar-refractivity contribution in [1.82, 2.24) is 20.0 Å². The summed E-state index contributed by atoms with van der Waals surface area (Å²) in [5.74, 6) is 0. The number of aliphatic hydroxyl groups excluding tert-OH is 1. The molecule has 1 N–H and O–H groups in total. The van der Waals surface area contributed by atoms with Crippen molar-refractivity contribution in [1.29, 1.82) is 0 Å². The minimum atomic E-state index is -0.829. The zero-order valence-corrected chi connectivity index (χ0v) is 11.4. The Bertz CT molecular complexity index is 533. The standard InChI is InChI=1S/C11H13BrN4O/c1-6-4-7(2)8(13-5-6)10(17)9-11(12)14-15-16(9)3/h4-5,10,17H,1-3H3. The SMILES string of the molecule is Cc1cnc(C(O)c2c(Br)nnn2C)c(C)c1. The summed E-state index contributed by atoms with van der Waals surface area (Å²) in [5.41, 5.74) is 3.25. The highest BCUT2D eigenvalue weighted by Crippen LogP contribution is 2.27. The number of aryl methyl sites for hydroxylation is 3. The second-order valence-electron chi connectivity index (χ2n) is 4.01. The van der Waals surface area contributed by atoms with Gasteiger partial charge >= 0.3 is 0 Å². The van der Waals surface area contributed by atoms with Crippen LogP contribution in [0.5, 0.6) is 0 Å². The lowest BCUT2D eigenvalue weighted by molar-refractivity contribution is 0.203. The van der Waals surface area contributed by atoms with Gasteiger partial charge in [0.05, 0.1) is 5.69 Å². The van der Waals surface area contributed by atoms with E-state index in [1.165, 1.54) is 4.68 Å². The van der Waals surface area contributed by atoms with Crippen molar-refractivity contribution >= 4 is 15.9 Å². The van der Waals surface area contributed by atoms with Crippen LogP contribution in [0.15, 0.2) is 16.9 Å². The van der Waals surface area contributed by atoms with E-state index in [1.807, 2.05) is 19.9 Å². The summed E-state index contributed by atoms with van der Waals surface area (Å²) < 4.78 is 2.07. The molecule has 1 unspecified atom stereocenters. The Hall–Kier alpha value is -1.27. The summed E-state index contributed by atoms with van der Waals surface area (Å²) in [7, 11) is 1.74. The molecule has 0 aromatic carbocycles. The van der Waals surface area contributed by atoms with Gasteiger partial charge in [0.25, 0.3) is 0 Å². The molecule has 0 fully saturated rings. The summed E-state index contributed by atoms with van der Waals surface area (Å²) in [5, 5.41) is 18.0. The Labute approximate surface area is 108 Å². The first kappa shape index (κ1) is 12.2. The molecule has 2 aromatic heterocycles. The van der Waals surface area contributed by atoms with E-state index in [-0.39, 0.29) is 0 Å². The third kappa shape index (κ3) is 2.23. The van der Waals surface area contributed by atoms with E-state index >= 15 is 0 Å². The van der Waals surface area contributed by atoms with Crippen LogP contribution in [0.25, 0.3) is 0 Å². The average molecular weight is 297 g/mol. The van der Waals surface area contributed by atoms with Gasteiger partial charge in [0.2, 0.25) is 0 Å². The van der Waals surface area contributed by atoms with Crippen molar-refractivity contribution in [2.24, 2.45) is 7.05 Å². The normalized spacial score (nSPS) is 12.8. The number of rotatable bonds is 2. The lowest BCUT2D eigenvalue weighted by atomic mass is 10.1. The van der Waals surface area contributed by atoms with E-state index in [1.54, 1.807) is 13.2 Å². The Morgan fingerprint density at radius 1 is 1.41 bits per heavy atom. The zero-order chi connectivity index (χ0) is 12.6. The van der Waals surface area contributed by atoms with Crippen LogP contribution in [-0.4, -0.2) is 25.1 Å². The maximum absolute atomic E-state index is 10.3. The van der Waals surface area contributed by atoms with Gasteiger partial charge in [-0.2, -0.15) is 0 Å². The van der Waals surface area contributed by atoms with Crippen LogP contribution in [-0.2, 0) is 7.05 Å². The second kappa shape index (κ2) is 4.54. The van der Waals surface area contributed by atoms with E-state index in [0.717, 1.165) is 11.1 Å². The van der Waals surface area contributed by atoms with E-state index in [4.69, 9.17) is 0 Å². The number of nitrogens with zero attached hydrogens (tertiary/aromatic N) is 4. The van der Waals surface area contributed by atoms with Crippen LogP contribution in [0.3, 0.4) is 0 Å². The molecule has 0 radical (unpaired) electrons. The number of pyridine rings is 1. The molecule has 0 amide bonds. The third-order valence-corrected chi connectivity index (χ3v) is 3.16. The van der Waals surface area contributed by atoms with Gasteiger partial charge in [0.15, 0.2) is 4.60 Å². The first-order chi connectivity index (χ1) is 8.00. The first-order valence-electron chi connectivity index (χ1n) is 5.17. The maximum atomic E-state index is 10.3. The summed E-state index contributed by atoms with van der Waals surface area (Å²) in [6, 6.07) is 1.99. The van der Waals surface area contributed by atoms with Crippen LogP contribution in [0, 0.1) is 13.8 Å². The van der Waals surface area contributed by atoms with Gasteiger partial charge in [-0.05, 0) is 40.9 Å². The molecule has 0 spiro atoms. The number of hydrogen-bond acceptors (Lipinski definition) is 4. The third-order valence-electron chi connectivity index (χ3n) is 2.60. The molecule has 17 heavy (non-hydrogen) atoms. The highest BCUT2D eigenvalue weighted by atomic mass is 79.9. The lowest BCUT2D eigenvalue weighted by Crippen LogP contribution is -2.10. The summed E-state index contributed by atoms with van der Waals surface area (Å²) in [6.45, 7) is 3.90. The topological polar surface area (TPSA) is 63.8 Å². The molecule has 2 rings (SSSR count). The number of aromatic nitrogens is 4. The predicted molar refractivity (Wildman–Crippen MR) is 66.5 cm³/mol. The van der Waals surface area contributed by atoms with E-state index in [2.05, 4.69) is 31.2 Å². The number of halogens is 1. The van der Waals surface area contributed by atoms with Crippen LogP contribution in [0.4, 0.5) is 0 Å². The van der Waals surface area contributed by atoms with E-state index < -0.39 is 6.10 Å². The minimum absolute atomic E-state index is 0.536. The lowest BCUT2D eigenvalue weighted by Gasteiger charge is -2.13. The van der Waals surface area contributed by atoms with Crippen LogP contribution in [0.1, 0.15) is 28.6 Å². The number of aliphatic hydroxyl groups is 1. The fourth-order valence-electron chi connectivity index (χ4n) is 1.77. The minimum Gasteiger partial charge on any atom is -0.380 e. The molecule has 2 aromatic rings. The molecule has 0 aliphatic rings. The van der Waals surface area contributed by atoms with E-state index in [9.17, 15) is 5.11 Å². The predicted octanol–water partition coefficient (Wildman–Crippen LogP) is 1.67. The van der Waals surface area contributed by atoms with Crippen LogP contribution >= 0.6 is 15.9 Å². The molecule has 1 atom stereocenters. The maximum Gasteiger partial charge on any atom is 0.154 e. The van der Waals surface area contributed by atoms with Gasteiger partial charge in [-0.3, -0.25) is 4.98 Å². The summed E-state index contributed by atoms with van der Waals surface area (Å²) in [4.78, 5) is 4.28. The smallest absolute Gasteiger partial charge is 0.154 e. The van der Waals surface area contributed by atoms with Crippen molar-refractivity contribution in [3.63, 3.8) is 0 Å². The molecule has 0 bridgehead atoms. The molecular weight excluding hydrogens is 284 g/mol. The highest BCUT2D eigenvalue weighted by Gasteiger charge is 2.22. The molecule has 2 heterocycles. The molecule has 0 aliphatic heterocycles. The molecule has 90 valence electrons. The first-order valence-corrected chi connectivity index (χ1v) is 5.96. The van der Waals surface area contributed by atoms with Crippen molar-refractivity contribution < 1.29 is 5.11 Å². The van der Waals surface area contributed by atoms with Gasteiger partial charge in [0, 0.05) is 13.2 Å².